The number of halogens is 3. The van der Waals surface area contributed by atoms with Gasteiger partial charge in [-0.15, -0.1) is 11.3 Å². The minimum atomic E-state index is -4.60. The van der Waals surface area contributed by atoms with Crippen LogP contribution in [0, 0.1) is 0 Å². The quantitative estimate of drug-likeness (QED) is 0.176. The number of alkyl halides is 3. The van der Waals surface area contributed by atoms with Crippen molar-refractivity contribution in [2.45, 2.75) is 16.8 Å². The van der Waals surface area contributed by atoms with Gasteiger partial charge in [0.25, 0.3) is 0 Å². The summed E-state index contributed by atoms with van der Waals surface area (Å²) in [7, 11) is -1.67. The monoisotopic (exact) mass is 578 g/mol. The number of thiophene rings is 1. The zero-order chi connectivity index (χ0) is 28.2. The zero-order valence-corrected chi connectivity index (χ0v) is 22.1. The number of hydrogen-bond donors (Lipinski definition) is 1. The van der Waals surface area contributed by atoms with E-state index in [1.165, 1.54) is 37.6 Å². The Kier molecular flexibility index (Phi) is 8.06. The second-order valence-corrected chi connectivity index (χ2v) is 10.9. The van der Waals surface area contributed by atoms with Crippen LogP contribution in [-0.4, -0.2) is 37.4 Å². The average molecular weight is 579 g/mol. The molecule has 0 radical (unpaired) electrons. The highest BCUT2D eigenvalue weighted by molar-refractivity contribution is 7.89. The van der Waals surface area contributed by atoms with Crippen molar-refractivity contribution in [3.8, 4) is 22.1 Å². The molecule has 1 amide bonds. The predicted octanol–water partition coefficient (Wildman–Crippen LogP) is 4.64. The lowest BCUT2D eigenvalue weighted by atomic mass is 10.1. The maximum atomic E-state index is 13.1. The lowest BCUT2D eigenvalue weighted by Gasteiger charge is -2.08. The number of para-hydroxylation sites is 1. The van der Waals surface area contributed by atoms with Gasteiger partial charge in [0.05, 0.1) is 24.6 Å². The van der Waals surface area contributed by atoms with Gasteiger partial charge in [-0.25, -0.2) is 5.43 Å². The van der Waals surface area contributed by atoms with Crippen molar-refractivity contribution in [2.24, 2.45) is 12.1 Å². The average Bonchev–Trinajstić information content (AvgIpc) is 3.52. The number of aromatic nitrogens is 2. The number of rotatable bonds is 9. The Hall–Kier alpha value is -4.17. The second kappa shape index (κ2) is 11.3. The van der Waals surface area contributed by atoms with Crippen molar-refractivity contribution in [2.75, 3.05) is 7.11 Å². The fourth-order valence-corrected chi connectivity index (χ4v) is 5.63. The Bertz CT molecular complexity index is 1630. The van der Waals surface area contributed by atoms with Crippen LogP contribution in [0.1, 0.15) is 16.8 Å². The van der Waals surface area contributed by atoms with E-state index in [2.05, 4.69) is 15.6 Å². The number of ether oxygens (including phenoxy) is 1. The van der Waals surface area contributed by atoms with E-state index >= 15 is 0 Å². The van der Waals surface area contributed by atoms with E-state index < -0.39 is 27.9 Å². The lowest BCUT2D eigenvalue weighted by Crippen LogP contribution is -2.19. The molecule has 0 saturated carbocycles. The van der Waals surface area contributed by atoms with Crippen molar-refractivity contribution in [3.63, 3.8) is 0 Å². The van der Waals surface area contributed by atoms with Crippen LogP contribution < -0.4 is 14.3 Å². The summed E-state index contributed by atoms with van der Waals surface area (Å²) >= 11 is 0.720. The maximum Gasteiger partial charge on any atom is 0.433 e. The van der Waals surface area contributed by atoms with Crippen LogP contribution >= 0.6 is 11.3 Å². The number of nitrogens with one attached hydrogen (secondary N) is 1. The van der Waals surface area contributed by atoms with Crippen LogP contribution in [0.5, 0.6) is 11.5 Å². The van der Waals surface area contributed by atoms with Gasteiger partial charge < -0.3 is 8.92 Å². The van der Waals surface area contributed by atoms with Crippen LogP contribution in [0.4, 0.5) is 13.2 Å². The molecule has 0 spiro atoms. The van der Waals surface area contributed by atoms with Crippen LogP contribution in [0.2, 0.25) is 0 Å². The predicted molar refractivity (Wildman–Crippen MR) is 138 cm³/mol. The van der Waals surface area contributed by atoms with Gasteiger partial charge in [0, 0.05) is 12.6 Å². The van der Waals surface area contributed by atoms with Crippen molar-refractivity contribution >= 4 is 33.6 Å². The van der Waals surface area contributed by atoms with E-state index in [0.717, 1.165) is 24.5 Å². The van der Waals surface area contributed by atoms with Crippen molar-refractivity contribution < 1.29 is 35.3 Å². The molecule has 0 saturated heterocycles. The summed E-state index contributed by atoms with van der Waals surface area (Å²) in [6, 6.07) is 16.5. The van der Waals surface area contributed by atoms with Gasteiger partial charge in [0.15, 0.2) is 9.96 Å². The Morgan fingerprint density at radius 2 is 1.90 bits per heavy atom. The number of methoxy groups -OCH3 is 1. The number of carbonyl (C=O) groups is 1. The first-order valence-corrected chi connectivity index (χ1v) is 13.4. The third-order valence-electron chi connectivity index (χ3n) is 5.26. The van der Waals surface area contributed by atoms with Crippen LogP contribution in [0.3, 0.4) is 0 Å². The van der Waals surface area contributed by atoms with Crippen LogP contribution in [0.15, 0.2) is 76.0 Å². The molecule has 204 valence electrons. The first-order valence-electron chi connectivity index (χ1n) is 11.2. The standard InChI is InChI=1S/C25H21F3N4O5S2/c1-32-22(25(26,27)28)14-19(31-32)21-10-11-24(38-21)39(34,35)37-20-9-4-3-7-17(20)15-29-30-23(33)13-16-6-5-8-18(12-16)36-2/h3-12,14-15H,13H2,1-2H3,(H,30,33)/b29-15+. The van der Waals surface area contributed by atoms with Gasteiger partial charge in [-0.2, -0.15) is 31.8 Å². The molecular weight excluding hydrogens is 557 g/mol. The molecule has 2 aromatic carbocycles. The van der Waals surface area contributed by atoms with E-state index in [9.17, 15) is 26.4 Å². The van der Waals surface area contributed by atoms with E-state index in [4.69, 9.17) is 8.92 Å². The first-order chi connectivity index (χ1) is 18.5. The summed E-state index contributed by atoms with van der Waals surface area (Å²) in [5, 5.41) is 7.72. The van der Waals surface area contributed by atoms with Gasteiger partial charge in [0.2, 0.25) is 5.91 Å². The molecule has 4 rings (SSSR count). The molecule has 4 aromatic rings. The van der Waals surface area contributed by atoms with Gasteiger partial charge in [-0.3, -0.25) is 9.48 Å². The number of amides is 1. The van der Waals surface area contributed by atoms with Gasteiger partial charge in [0.1, 0.15) is 17.1 Å². The van der Waals surface area contributed by atoms with Gasteiger partial charge >= 0.3 is 16.3 Å². The SMILES string of the molecule is COc1cccc(CC(=O)N/N=C/c2ccccc2OS(=O)(=O)c2ccc(-c3cc(C(F)(F)F)n(C)n3)s2)c1. The maximum absolute atomic E-state index is 13.1. The third kappa shape index (κ3) is 6.83. The highest BCUT2D eigenvalue weighted by Gasteiger charge is 2.35. The Morgan fingerprint density at radius 3 is 2.62 bits per heavy atom. The molecule has 39 heavy (non-hydrogen) atoms. The molecule has 14 heteroatoms. The van der Waals surface area contributed by atoms with Crippen molar-refractivity contribution in [3.05, 3.63) is 83.6 Å². The molecular formula is C25H21F3N4O5S2. The minimum Gasteiger partial charge on any atom is -0.497 e. The molecule has 1 N–H and O–H groups in total. The fraction of sp³-hybridized carbons (Fsp3) is 0.160. The smallest absolute Gasteiger partial charge is 0.433 e. The molecule has 0 aliphatic rings. The molecule has 0 unspecified atom stereocenters. The van der Waals surface area contributed by atoms with Gasteiger partial charge in [-0.1, -0.05) is 24.3 Å². The summed E-state index contributed by atoms with van der Waals surface area (Å²) in [5.74, 6) is 0.148. The molecule has 0 fully saturated rings. The molecule has 9 nitrogen and oxygen atoms in total. The zero-order valence-electron chi connectivity index (χ0n) is 20.5. The normalized spacial score (nSPS) is 12.0. The molecule has 0 aliphatic carbocycles. The van der Waals surface area contributed by atoms with E-state index in [-0.39, 0.29) is 32.5 Å². The number of hydrogen-bond acceptors (Lipinski definition) is 8. The third-order valence-corrected chi connectivity index (χ3v) is 8.05. The first kappa shape index (κ1) is 27.9. The van der Waals surface area contributed by atoms with Crippen LogP contribution in [-0.2, 0) is 34.6 Å². The number of carbonyl (C=O) groups excluding carboxylic acids is 1. The van der Waals surface area contributed by atoms with Crippen LogP contribution in [0.25, 0.3) is 10.6 Å². The summed E-state index contributed by atoms with van der Waals surface area (Å²) in [4.78, 5) is 12.5. The Morgan fingerprint density at radius 1 is 1.13 bits per heavy atom. The Labute approximate surface area is 225 Å². The number of nitrogens with zero attached hydrogens (tertiary/aromatic N) is 3. The van der Waals surface area contributed by atoms with E-state index in [0.29, 0.717) is 16.0 Å². The highest BCUT2D eigenvalue weighted by Crippen LogP contribution is 2.36. The lowest BCUT2D eigenvalue weighted by molar-refractivity contribution is -0.143. The summed E-state index contributed by atoms with van der Waals surface area (Å²) < 4.78 is 76.0. The number of benzene rings is 2. The molecule has 2 heterocycles. The number of aryl methyl sites for hydroxylation is 1. The van der Waals surface area contributed by atoms with E-state index in [1.807, 2.05) is 0 Å². The molecule has 0 bridgehead atoms. The van der Waals surface area contributed by atoms with E-state index in [1.54, 1.807) is 36.4 Å². The summed E-state index contributed by atoms with van der Waals surface area (Å²) in [5.41, 5.74) is 2.37. The largest absolute Gasteiger partial charge is 0.497 e. The second-order valence-electron chi connectivity index (χ2n) is 8.05. The highest BCUT2D eigenvalue weighted by atomic mass is 32.3. The topological polar surface area (TPSA) is 112 Å². The fourth-order valence-electron chi connectivity index (χ4n) is 3.45. The van der Waals surface area contributed by atoms with Crippen molar-refractivity contribution in [1.29, 1.82) is 0 Å². The summed E-state index contributed by atoms with van der Waals surface area (Å²) in [6.45, 7) is 0. The minimum absolute atomic E-state index is 0.0199. The Balaban J connectivity index is 1.46. The summed E-state index contributed by atoms with van der Waals surface area (Å²) in [6.07, 6.45) is -3.32. The molecule has 0 atom stereocenters. The molecule has 2 aromatic heterocycles. The van der Waals surface area contributed by atoms with Gasteiger partial charge in [-0.05, 0) is 48.0 Å². The molecule has 0 aliphatic heterocycles. The number of hydrazone groups is 1. The van der Waals surface area contributed by atoms with Crippen molar-refractivity contribution in [1.82, 2.24) is 15.2 Å².